The number of nitrogens with zero attached hydrogens (tertiary/aromatic N) is 1. The highest BCUT2D eigenvalue weighted by molar-refractivity contribution is 5.71. The Hall–Kier alpha value is -0.650. The zero-order chi connectivity index (χ0) is 10.9. The molecule has 0 rings (SSSR count). The zero-order valence-electron chi connectivity index (χ0n) is 8.53. The second-order valence-electron chi connectivity index (χ2n) is 2.96. The van der Waals surface area contributed by atoms with Crippen LogP contribution < -0.4 is 5.73 Å². The lowest BCUT2D eigenvalue weighted by molar-refractivity contribution is -0.145. The molecule has 0 bridgehead atoms. The first-order valence-corrected chi connectivity index (χ1v) is 4.17. The van der Waals surface area contributed by atoms with Crippen LogP contribution in [0.3, 0.4) is 0 Å². The maximum atomic E-state index is 9.45. The van der Waals surface area contributed by atoms with Crippen LogP contribution in [0.4, 0.5) is 0 Å². The highest BCUT2D eigenvalue weighted by Gasteiger charge is 2.01. The normalized spacial score (nSPS) is 11.8. The fraction of sp³-hybridized carbons (Fsp3) is 0.875. The number of aliphatic hydroxyl groups is 1. The van der Waals surface area contributed by atoms with E-state index < -0.39 is 12.1 Å². The molecule has 5 heteroatoms. The first-order chi connectivity index (χ1) is 5.91. The summed E-state index contributed by atoms with van der Waals surface area (Å²) >= 11 is 0. The largest absolute Gasteiger partial charge is 0.479 e. The molecule has 13 heavy (non-hydrogen) atoms. The minimum atomic E-state index is -1.23. The van der Waals surface area contributed by atoms with Gasteiger partial charge < -0.3 is 20.8 Å². The highest BCUT2D eigenvalue weighted by atomic mass is 16.4. The van der Waals surface area contributed by atoms with Crippen molar-refractivity contribution in [2.24, 2.45) is 5.73 Å². The zero-order valence-corrected chi connectivity index (χ0v) is 8.53. The second-order valence-corrected chi connectivity index (χ2v) is 2.96. The van der Waals surface area contributed by atoms with Gasteiger partial charge in [0.2, 0.25) is 0 Å². The summed E-state index contributed by atoms with van der Waals surface area (Å²) in [6.45, 7) is 3.11. The summed E-state index contributed by atoms with van der Waals surface area (Å²) in [5.74, 6) is -1.19. The summed E-state index contributed by atoms with van der Waals surface area (Å²) < 4.78 is 0. The quantitative estimate of drug-likeness (QED) is 0.551. The molecule has 0 amide bonds. The van der Waals surface area contributed by atoms with Crippen LogP contribution in [0.25, 0.3) is 0 Å². The van der Waals surface area contributed by atoms with Gasteiger partial charge in [-0.2, -0.15) is 0 Å². The van der Waals surface area contributed by atoms with Gasteiger partial charge in [0.25, 0.3) is 0 Å². The van der Waals surface area contributed by atoms with Crippen LogP contribution in [-0.2, 0) is 4.79 Å². The number of carboxylic acids is 1. The number of hydrogen-bond acceptors (Lipinski definition) is 4. The Bertz CT molecular complexity index is 127. The van der Waals surface area contributed by atoms with Crippen molar-refractivity contribution < 1.29 is 15.0 Å². The molecule has 0 aromatic carbocycles. The summed E-state index contributed by atoms with van der Waals surface area (Å²) in [5, 5.41) is 15.8. The summed E-state index contributed by atoms with van der Waals surface area (Å²) in [5.41, 5.74) is 5.25. The Morgan fingerprint density at radius 1 is 1.54 bits per heavy atom. The third-order valence-corrected chi connectivity index (χ3v) is 1.17. The molecule has 0 spiro atoms. The lowest BCUT2D eigenvalue weighted by atomic mass is 10.4. The molecular weight excluding hydrogens is 172 g/mol. The third-order valence-electron chi connectivity index (χ3n) is 1.17. The van der Waals surface area contributed by atoms with E-state index >= 15 is 0 Å². The van der Waals surface area contributed by atoms with Gasteiger partial charge in [-0.15, -0.1) is 0 Å². The van der Waals surface area contributed by atoms with Crippen LogP contribution >= 0.6 is 0 Å². The van der Waals surface area contributed by atoms with Crippen LogP contribution in [0.1, 0.15) is 13.3 Å². The summed E-state index contributed by atoms with van der Waals surface area (Å²) in [6.07, 6.45) is -0.127. The predicted molar refractivity (Wildman–Crippen MR) is 51.5 cm³/mol. The molecule has 0 aromatic heterocycles. The number of rotatable bonds is 4. The SMILES string of the molecule is CC(O)C(=O)O.CN(C)CCCN. The van der Waals surface area contributed by atoms with Crippen molar-refractivity contribution in [1.82, 2.24) is 4.90 Å². The topological polar surface area (TPSA) is 86.8 Å². The molecule has 80 valence electrons. The van der Waals surface area contributed by atoms with E-state index in [4.69, 9.17) is 15.9 Å². The summed E-state index contributed by atoms with van der Waals surface area (Å²) in [7, 11) is 4.10. The van der Waals surface area contributed by atoms with E-state index in [0.717, 1.165) is 19.5 Å². The molecule has 0 fully saturated rings. The molecule has 0 aliphatic heterocycles. The summed E-state index contributed by atoms with van der Waals surface area (Å²) in [4.78, 5) is 11.6. The van der Waals surface area contributed by atoms with Crippen molar-refractivity contribution in [3.8, 4) is 0 Å². The monoisotopic (exact) mass is 192 g/mol. The maximum Gasteiger partial charge on any atom is 0.332 e. The van der Waals surface area contributed by atoms with E-state index in [-0.39, 0.29) is 0 Å². The fourth-order valence-corrected chi connectivity index (χ4v) is 0.408. The van der Waals surface area contributed by atoms with Gasteiger partial charge in [0.1, 0.15) is 6.10 Å². The smallest absolute Gasteiger partial charge is 0.332 e. The van der Waals surface area contributed by atoms with E-state index in [1.807, 2.05) is 0 Å². The molecule has 0 aliphatic carbocycles. The maximum absolute atomic E-state index is 9.45. The fourth-order valence-electron chi connectivity index (χ4n) is 0.408. The van der Waals surface area contributed by atoms with Crippen LogP contribution in [-0.4, -0.2) is 54.4 Å². The van der Waals surface area contributed by atoms with Gasteiger partial charge in [0.05, 0.1) is 0 Å². The molecule has 0 radical (unpaired) electrons. The Balaban J connectivity index is 0. The highest BCUT2D eigenvalue weighted by Crippen LogP contribution is 1.76. The Kier molecular flexibility index (Phi) is 10.8. The van der Waals surface area contributed by atoms with Crippen LogP contribution in [0.15, 0.2) is 0 Å². The average molecular weight is 192 g/mol. The van der Waals surface area contributed by atoms with E-state index in [2.05, 4.69) is 19.0 Å². The average Bonchev–Trinajstić information content (AvgIpc) is 2.01. The number of hydrogen-bond donors (Lipinski definition) is 3. The lowest BCUT2D eigenvalue weighted by Crippen LogP contribution is -2.16. The lowest BCUT2D eigenvalue weighted by Gasteiger charge is -2.05. The van der Waals surface area contributed by atoms with Gasteiger partial charge in [-0.25, -0.2) is 4.79 Å². The predicted octanol–water partition coefficient (Wildman–Crippen LogP) is -0.651. The minimum Gasteiger partial charge on any atom is -0.479 e. The van der Waals surface area contributed by atoms with Crippen molar-refractivity contribution in [2.75, 3.05) is 27.2 Å². The Morgan fingerprint density at radius 3 is 2.00 bits per heavy atom. The molecule has 0 aromatic rings. The third kappa shape index (κ3) is 18.4. The standard InChI is InChI=1S/C5H14N2.C3H6O3/c1-7(2)5-3-4-6;1-2(4)3(5)6/h3-6H2,1-2H3;2,4H,1H3,(H,5,6). The van der Waals surface area contributed by atoms with Crippen molar-refractivity contribution in [3.05, 3.63) is 0 Å². The first-order valence-electron chi connectivity index (χ1n) is 4.17. The van der Waals surface area contributed by atoms with Crippen LogP contribution in [0.2, 0.25) is 0 Å². The van der Waals surface area contributed by atoms with Crippen LogP contribution in [0, 0.1) is 0 Å². The molecule has 4 N–H and O–H groups in total. The molecule has 1 atom stereocenters. The molecule has 0 saturated heterocycles. The van der Waals surface area contributed by atoms with Gasteiger partial charge in [0, 0.05) is 0 Å². The van der Waals surface area contributed by atoms with E-state index in [1.165, 1.54) is 6.92 Å². The molecule has 0 heterocycles. The Morgan fingerprint density at radius 2 is 1.92 bits per heavy atom. The number of nitrogens with two attached hydrogens (primary N) is 1. The van der Waals surface area contributed by atoms with Gasteiger partial charge in [-0.1, -0.05) is 0 Å². The molecule has 5 nitrogen and oxygen atoms in total. The summed E-state index contributed by atoms with van der Waals surface area (Å²) in [6, 6.07) is 0. The second kappa shape index (κ2) is 9.44. The van der Waals surface area contributed by atoms with Gasteiger partial charge in [-0.05, 0) is 40.5 Å². The van der Waals surface area contributed by atoms with Crippen molar-refractivity contribution in [2.45, 2.75) is 19.4 Å². The van der Waals surface area contributed by atoms with Crippen molar-refractivity contribution >= 4 is 5.97 Å². The van der Waals surface area contributed by atoms with Crippen LogP contribution in [0.5, 0.6) is 0 Å². The van der Waals surface area contributed by atoms with Crippen molar-refractivity contribution in [1.29, 1.82) is 0 Å². The number of carboxylic acid groups (broad SMARTS) is 1. The number of aliphatic carboxylic acids is 1. The minimum absolute atomic E-state index is 0.804. The molecule has 0 aliphatic rings. The van der Waals surface area contributed by atoms with Gasteiger partial charge in [0.15, 0.2) is 0 Å². The number of aliphatic hydroxyl groups excluding tert-OH is 1. The van der Waals surface area contributed by atoms with E-state index in [0.29, 0.717) is 0 Å². The van der Waals surface area contributed by atoms with Crippen molar-refractivity contribution in [3.63, 3.8) is 0 Å². The van der Waals surface area contributed by atoms with Gasteiger partial charge in [-0.3, -0.25) is 0 Å². The van der Waals surface area contributed by atoms with E-state index in [9.17, 15) is 4.79 Å². The van der Waals surface area contributed by atoms with E-state index in [1.54, 1.807) is 0 Å². The molecule has 0 saturated carbocycles. The Labute approximate surface area is 79.1 Å². The first kappa shape index (κ1) is 14.9. The molecular formula is C8H20N2O3. The molecule has 1 unspecified atom stereocenters. The van der Waals surface area contributed by atoms with Gasteiger partial charge >= 0.3 is 5.97 Å². The number of carbonyl (C=O) groups is 1.